The number of amides is 1. The first-order chi connectivity index (χ1) is 14.9. The molecule has 0 unspecified atom stereocenters. The molecule has 0 saturated heterocycles. The molecule has 1 heterocycles. The van der Waals surface area contributed by atoms with Gasteiger partial charge in [-0.1, -0.05) is 50.4 Å². The second-order valence-corrected chi connectivity index (χ2v) is 10.1. The first kappa shape index (κ1) is 22.3. The molecular weight excluding hydrogens is 474 g/mol. The van der Waals surface area contributed by atoms with Crippen molar-refractivity contribution in [1.29, 1.82) is 0 Å². The summed E-state index contributed by atoms with van der Waals surface area (Å²) in [6.45, 7) is 5.58. The first-order valence-electron chi connectivity index (χ1n) is 11.1. The minimum atomic E-state index is 0.0381. The van der Waals surface area contributed by atoms with Crippen LogP contribution in [-0.4, -0.2) is 26.9 Å². The Morgan fingerprint density at radius 1 is 1.23 bits per heavy atom. The number of imidazole rings is 1. The smallest absolute Gasteiger partial charge is 0.255 e. The number of carbonyl (C=O) groups is 1. The van der Waals surface area contributed by atoms with Gasteiger partial charge in [0.2, 0.25) is 0 Å². The Balaban J connectivity index is 1.73. The summed E-state index contributed by atoms with van der Waals surface area (Å²) in [5.41, 5.74) is 2.72. The van der Waals surface area contributed by atoms with Crippen LogP contribution < -0.4 is 0 Å². The number of hydrogen-bond acceptors (Lipinski definition) is 2. The fourth-order valence-electron chi connectivity index (χ4n) is 4.44. The van der Waals surface area contributed by atoms with Crippen molar-refractivity contribution in [3.63, 3.8) is 0 Å². The van der Waals surface area contributed by atoms with Crippen molar-refractivity contribution in [2.75, 3.05) is 6.54 Å². The molecule has 1 saturated carbocycles. The van der Waals surface area contributed by atoms with Gasteiger partial charge in [0.15, 0.2) is 0 Å². The molecule has 4 rings (SSSR count). The van der Waals surface area contributed by atoms with Crippen LogP contribution in [0.4, 0.5) is 0 Å². The monoisotopic (exact) mass is 501 g/mol. The van der Waals surface area contributed by atoms with E-state index in [4.69, 9.17) is 16.6 Å². The molecule has 0 aliphatic heterocycles. The lowest BCUT2D eigenvalue weighted by molar-refractivity contribution is 0.0727. The Morgan fingerprint density at radius 2 is 1.97 bits per heavy atom. The van der Waals surface area contributed by atoms with Gasteiger partial charge in [0.1, 0.15) is 5.82 Å². The zero-order valence-electron chi connectivity index (χ0n) is 18.2. The Hall–Kier alpha value is -1.85. The van der Waals surface area contributed by atoms with Crippen molar-refractivity contribution in [2.24, 2.45) is 5.92 Å². The molecule has 1 fully saturated rings. The highest BCUT2D eigenvalue weighted by Crippen LogP contribution is 2.35. The summed E-state index contributed by atoms with van der Waals surface area (Å²) < 4.78 is 3.18. The minimum Gasteiger partial charge on any atom is -0.331 e. The minimum absolute atomic E-state index is 0.0381. The normalized spacial score (nSPS) is 14.6. The van der Waals surface area contributed by atoms with Crippen molar-refractivity contribution in [3.8, 4) is 0 Å². The Labute approximate surface area is 197 Å². The van der Waals surface area contributed by atoms with Gasteiger partial charge in [-0.05, 0) is 71.4 Å². The lowest BCUT2D eigenvalue weighted by Gasteiger charge is -2.26. The molecule has 0 bridgehead atoms. The van der Waals surface area contributed by atoms with E-state index < -0.39 is 0 Å². The second-order valence-electron chi connectivity index (χ2n) is 8.86. The lowest BCUT2D eigenvalue weighted by atomic mass is 10.1. The predicted octanol–water partition coefficient (Wildman–Crippen LogP) is 7.26. The quantitative estimate of drug-likeness (QED) is 0.341. The molecule has 1 aliphatic rings. The van der Waals surface area contributed by atoms with E-state index >= 15 is 0 Å². The average molecular weight is 503 g/mol. The third-order valence-corrected chi connectivity index (χ3v) is 7.04. The molecule has 0 radical (unpaired) electrons. The van der Waals surface area contributed by atoms with Crippen LogP contribution in [0.15, 0.2) is 46.9 Å². The average Bonchev–Trinajstić information content (AvgIpc) is 3.38. The standard InChI is InChI=1S/C25H29BrClN3O/c1-17(2)13-14-29(25(31)20-9-5-6-10-21(20)26)16-24-28-22-12-11-18(27)15-23(22)30(24)19-7-3-4-8-19/h5-6,9-12,15,17,19H,3-4,7-8,13-14,16H2,1-2H3. The highest BCUT2D eigenvalue weighted by molar-refractivity contribution is 9.10. The Morgan fingerprint density at radius 3 is 2.68 bits per heavy atom. The molecule has 0 N–H and O–H groups in total. The van der Waals surface area contributed by atoms with Crippen LogP contribution in [0, 0.1) is 5.92 Å². The van der Waals surface area contributed by atoms with E-state index in [2.05, 4.69) is 34.3 Å². The first-order valence-corrected chi connectivity index (χ1v) is 12.3. The van der Waals surface area contributed by atoms with E-state index in [9.17, 15) is 4.79 Å². The summed E-state index contributed by atoms with van der Waals surface area (Å²) in [4.78, 5) is 20.4. The van der Waals surface area contributed by atoms with Crippen molar-refractivity contribution in [1.82, 2.24) is 14.5 Å². The number of fused-ring (bicyclic) bond motifs is 1. The van der Waals surface area contributed by atoms with E-state index in [1.165, 1.54) is 12.8 Å². The molecule has 31 heavy (non-hydrogen) atoms. The number of carbonyl (C=O) groups excluding carboxylic acids is 1. The number of nitrogens with zero attached hydrogens (tertiary/aromatic N) is 3. The summed E-state index contributed by atoms with van der Waals surface area (Å²) in [6.07, 6.45) is 5.71. The third kappa shape index (κ3) is 4.98. The maximum Gasteiger partial charge on any atom is 0.255 e. The Kier molecular flexibility index (Phi) is 7.02. The van der Waals surface area contributed by atoms with Crippen molar-refractivity contribution in [3.05, 3.63) is 63.3 Å². The second kappa shape index (κ2) is 9.74. The van der Waals surface area contributed by atoms with Crippen LogP contribution in [0.3, 0.4) is 0 Å². The molecular formula is C25H29BrClN3O. The topological polar surface area (TPSA) is 38.1 Å². The number of rotatable bonds is 7. The number of halogens is 2. The van der Waals surface area contributed by atoms with Gasteiger partial charge in [-0.2, -0.15) is 0 Å². The molecule has 1 aromatic heterocycles. The maximum atomic E-state index is 13.5. The van der Waals surface area contributed by atoms with E-state index in [1.54, 1.807) is 0 Å². The molecule has 6 heteroatoms. The van der Waals surface area contributed by atoms with E-state index in [0.29, 0.717) is 30.6 Å². The molecule has 164 valence electrons. The highest BCUT2D eigenvalue weighted by Gasteiger charge is 2.26. The summed E-state index contributed by atoms with van der Waals surface area (Å²) >= 11 is 9.89. The lowest BCUT2D eigenvalue weighted by Crippen LogP contribution is -2.33. The van der Waals surface area contributed by atoms with Gasteiger partial charge in [0.25, 0.3) is 5.91 Å². The predicted molar refractivity (Wildman–Crippen MR) is 131 cm³/mol. The van der Waals surface area contributed by atoms with Gasteiger partial charge in [-0.25, -0.2) is 4.98 Å². The molecule has 3 aromatic rings. The zero-order valence-corrected chi connectivity index (χ0v) is 20.5. The van der Waals surface area contributed by atoms with Crippen molar-refractivity contribution >= 4 is 44.5 Å². The molecule has 1 aliphatic carbocycles. The third-order valence-electron chi connectivity index (χ3n) is 6.11. The van der Waals surface area contributed by atoms with Crippen LogP contribution >= 0.6 is 27.5 Å². The Bertz CT molecular complexity index is 1070. The summed E-state index contributed by atoms with van der Waals surface area (Å²) in [6, 6.07) is 14.0. The molecule has 4 nitrogen and oxygen atoms in total. The van der Waals surface area contributed by atoms with E-state index in [-0.39, 0.29) is 5.91 Å². The zero-order chi connectivity index (χ0) is 22.0. The van der Waals surface area contributed by atoms with Crippen LogP contribution in [0.25, 0.3) is 11.0 Å². The maximum absolute atomic E-state index is 13.5. The molecule has 2 aromatic carbocycles. The van der Waals surface area contributed by atoms with Crippen molar-refractivity contribution < 1.29 is 4.79 Å². The summed E-state index contributed by atoms with van der Waals surface area (Å²) in [5.74, 6) is 1.51. The van der Waals surface area contributed by atoms with Crippen molar-refractivity contribution in [2.45, 2.75) is 58.5 Å². The van der Waals surface area contributed by atoms with Gasteiger partial charge in [-0.3, -0.25) is 4.79 Å². The number of aromatic nitrogens is 2. The van der Waals surface area contributed by atoms with Gasteiger partial charge in [0.05, 0.1) is 23.1 Å². The fraction of sp³-hybridized carbons (Fsp3) is 0.440. The van der Waals surface area contributed by atoms with E-state index in [1.807, 2.05) is 47.4 Å². The molecule has 0 atom stereocenters. The van der Waals surface area contributed by atoms with Gasteiger partial charge < -0.3 is 9.47 Å². The summed E-state index contributed by atoms with van der Waals surface area (Å²) in [7, 11) is 0. The molecule has 0 spiro atoms. The van der Waals surface area contributed by atoms with Gasteiger partial charge in [-0.15, -0.1) is 0 Å². The van der Waals surface area contributed by atoms with Crippen LogP contribution in [0.1, 0.15) is 68.2 Å². The number of hydrogen-bond donors (Lipinski definition) is 0. The van der Waals surface area contributed by atoms with Gasteiger partial charge >= 0.3 is 0 Å². The SMILES string of the molecule is CC(C)CCN(Cc1nc2ccc(Cl)cc2n1C1CCCC1)C(=O)c1ccccc1Br. The van der Waals surface area contributed by atoms with E-state index in [0.717, 1.165) is 45.6 Å². The van der Waals surface area contributed by atoms with Crippen LogP contribution in [0.5, 0.6) is 0 Å². The fourth-order valence-corrected chi connectivity index (χ4v) is 5.06. The van der Waals surface area contributed by atoms with Gasteiger partial charge in [0, 0.05) is 22.1 Å². The molecule has 1 amide bonds. The largest absolute Gasteiger partial charge is 0.331 e. The summed E-state index contributed by atoms with van der Waals surface area (Å²) in [5, 5.41) is 0.721. The number of benzene rings is 2. The highest BCUT2D eigenvalue weighted by atomic mass is 79.9. The van der Waals surface area contributed by atoms with Crippen LogP contribution in [-0.2, 0) is 6.54 Å². The van der Waals surface area contributed by atoms with Crippen LogP contribution in [0.2, 0.25) is 5.02 Å².